The molecule has 5 heteroatoms. The average molecular weight is 140 g/mol. The van der Waals surface area contributed by atoms with Crippen LogP contribution in [0.3, 0.4) is 0 Å². The van der Waals surface area contributed by atoms with E-state index in [0.717, 1.165) is 4.73 Å². The first-order valence-corrected chi connectivity index (χ1v) is 2.58. The number of carbonyl (C=O) groups is 1. The average Bonchev–Trinajstić information content (AvgIpc) is 1.88. The van der Waals surface area contributed by atoms with Crippen LogP contribution in [0.15, 0.2) is 24.8 Å². The third-order valence-electron chi connectivity index (χ3n) is 0.781. The molecule has 0 fully saturated rings. The lowest BCUT2D eigenvalue weighted by Gasteiger charge is -1.90. The third-order valence-corrected chi connectivity index (χ3v) is 0.781. The van der Waals surface area contributed by atoms with Gasteiger partial charge in [-0.1, -0.05) is 4.98 Å². The fourth-order valence-electron chi connectivity index (χ4n) is 0.474. The van der Waals surface area contributed by atoms with Gasteiger partial charge >= 0.3 is 12.4 Å². The SMILES string of the molecule is NC(=O)O[n+]1cccnc1. The number of rotatable bonds is 1. The van der Waals surface area contributed by atoms with Crippen molar-refractivity contribution >= 4 is 6.09 Å². The molecule has 2 N–H and O–H groups in total. The molecule has 0 radical (unpaired) electrons. The summed E-state index contributed by atoms with van der Waals surface area (Å²) in [5.41, 5.74) is 4.71. The Morgan fingerprint density at radius 3 is 3.00 bits per heavy atom. The maximum absolute atomic E-state index is 10.1. The van der Waals surface area contributed by atoms with Crippen LogP contribution in [0.5, 0.6) is 0 Å². The second kappa shape index (κ2) is 2.77. The lowest BCUT2D eigenvalue weighted by atomic mass is 10.7. The Bertz CT molecular complexity index is 224. The largest absolute Gasteiger partial charge is 0.450 e. The lowest BCUT2D eigenvalue weighted by molar-refractivity contribution is -0.870. The Morgan fingerprint density at radius 1 is 1.70 bits per heavy atom. The Balaban J connectivity index is 2.67. The molecule has 0 aromatic carbocycles. The van der Waals surface area contributed by atoms with E-state index in [9.17, 15) is 4.79 Å². The van der Waals surface area contributed by atoms with E-state index in [0.29, 0.717) is 0 Å². The molecule has 10 heavy (non-hydrogen) atoms. The summed E-state index contributed by atoms with van der Waals surface area (Å²) in [5, 5.41) is 0. The molecule has 0 aliphatic rings. The predicted octanol–water partition coefficient (Wildman–Crippen LogP) is -1.12. The van der Waals surface area contributed by atoms with Crippen molar-refractivity contribution < 1.29 is 14.4 Å². The highest BCUT2D eigenvalue weighted by Gasteiger charge is 1.99. The zero-order chi connectivity index (χ0) is 7.40. The summed E-state index contributed by atoms with van der Waals surface area (Å²) in [6.45, 7) is 0. The number of nitrogens with two attached hydrogens (primary N) is 1. The first kappa shape index (κ1) is 6.47. The van der Waals surface area contributed by atoms with Crippen LogP contribution in [0.4, 0.5) is 4.79 Å². The maximum atomic E-state index is 10.1. The summed E-state index contributed by atoms with van der Waals surface area (Å²) >= 11 is 0. The Morgan fingerprint density at radius 2 is 2.50 bits per heavy atom. The smallest absolute Gasteiger partial charge is 0.331 e. The molecule has 1 aromatic rings. The Kier molecular flexibility index (Phi) is 1.79. The summed E-state index contributed by atoms with van der Waals surface area (Å²) in [6, 6.07) is 1.61. The minimum Gasteiger partial charge on any atom is -0.331 e. The van der Waals surface area contributed by atoms with Crippen LogP contribution in [0.1, 0.15) is 0 Å². The molecule has 1 heterocycles. The highest BCUT2D eigenvalue weighted by molar-refractivity contribution is 5.63. The van der Waals surface area contributed by atoms with Crippen molar-refractivity contribution in [2.45, 2.75) is 0 Å². The second-order valence-corrected chi connectivity index (χ2v) is 1.53. The van der Waals surface area contributed by atoms with Crippen molar-refractivity contribution in [2.75, 3.05) is 0 Å². The molecular weight excluding hydrogens is 134 g/mol. The van der Waals surface area contributed by atoms with Gasteiger partial charge in [-0.05, 0) is 4.73 Å². The number of carbonyl (C=O) groups excluding carboxylic acids is 1. The molecule has 0 saturated carbocycles. The van der Waals surface area contributed by atoms with E-state index in [1.54, 1.807) is 12.3 Å². The number of hydrogen-bond donors (Lipinski definition) is 1. The first-order chi connectivity index (χ1) is 4.79. The van der Waals surface area contributed by atoms with Crippen LogP contribution >= 0.6 is 0 Å². The van der Waals surface area contributed by atoms with E-state index < -0.39 is 6.09 Å². The summed E-state index contributed by atoms with van der Waals surface area (Å²) in [7, 11) is 0. The second-order valence-electron chi connectivity index (χ2n) is 1.53. The predicted molar refractivity (Wildman–Crippen MR) is 30.6 cm³/mol. The highest BCUT2D eigenvalue weighted by atomic mass is 16.7. The minimum atomic E-state index is -0.863. The number of nitrogens with zero attached hydrogens (tertiary/aromatic N) is 2. The van der Waals surface area contributed by atoms with Crippen molar-refractivity contribution in [3.8, 4) is 0 Å². The van der Waals surface area contributed by atoms with Crippen molar-refractivity contribution in [3.63, 3.8) is 0 Å². The fourth-order valence-corrected chi connectivity index (χ4v) is 0.474. The van der Waals surface area contributed by atoms with Crippen LogP contribution in [0, 0.1) is 0 Å². The van der Waals surface area contributed by atoms with Gasteiger partial charge in [-0.25, -0.2) is 9.63 Å². The van der Waals surface area contributed by atoms with Crippen molar-refractivity contribution in [2.24, 2.45) is 5.73 Å². The van der Waals surface area contributed by atoms with E-state index in [-0.39, 0.29) is 0 Å². The van der Waals surface area contributed by atoms with Gasteiger partial charge in [-0.2, -0.15) is 0 Å². The molecule has 0 aliphatic carbocycles. The van der Waals surface area contributed by atoms with Crippen LogP contribution in [-0.2, 0) is 0 Å². The highest BCUT2D eigenvalue weighted by Crippen LogP contribution is 1.67. The Hall–Kier alpha value is -1.65. The van der Waals surface area contributed by atoms with Gasteiger partial charge in [0, 0.05) is 6.07 Å². The van der Waals surface area contributed by atoms with Crippen molar-refractivity contribution in [1.82, 2.24) is 4.98 Å². The molecule has 52 valence electrons. The third kappa shape index (κ3) is 1.70. The molecule has 5 nitrogen and oxygen atoms in total. The maximum Gasteiger partial charge on any atom is 0.450 e. The molecule has 0 saturated heterocycles. The summed E-state index contributed by atoms with van der Waals surface area (Å²) in [5.74, 6) is 0. The number of aromatic nitrogens is 2. The summed E-state index contributed by atoms with van der Waals surface area (Å²) in [6.07, 6.45) is 3.53. The van der Waals surface area contributed by atoms with Crippen LogP contribution in [0.25, 0.3) is 0 Å². The molecule has 0 unspecified atom stereocenters. The molecule has 1 amide bonds. The van der Waals surface area contributed by atoms with Crippen LogP contribution in [-0.4, -0.2) is 11.1 Å². The summed E-state index contributed by atoms with van der Waals surface area (Å²) < 4.78 is 1.11. The molecular formula is C5H6N3O2+. The molecule has 1 aromatic heterocycles. The molecule has 0 atom stereocenters. The lowest BCUT2D eigenvalue weighted by Crippen LogP contribution is -2.47. The topological polar surface area (TPSA) is 69.1 Å². The van der Waals surface area contributed by atoms with Gasteiger partial charge in [-0.3, -0.25) is 0 Å². The van der Waals surface area contributed by atoms with Crippen molar-refractivity contribution in [1.29, 1.82) is 0 Å². The van der Waals surface area contributed by atoms with E-state index in [2.05, 4.69) is 9.82 Å². The fraction of sp³-hybridized carbons (Fsp3) is 0. The van der Waals surface area contributed by atoms with Crippen molar-refractivity contribution in [3.05, 3.63) is 24.8 Å². The Labute approximate surface area is 57.0 Å². The van der Waals surface area contributed by atoms with Gasteiger partial charge in [0.15, 0.2) is 0 Å². The first-order valence-electron chi connectivity index (χ1n) is 2.58. The van der Waals surface area contributed by atoms with Gasteiger partial charge in [0.05, 0.1) is 0 Å². The number of hydrogen-bond acceptors (Lipinski definition) is 3. The minimum absolute atomic E-state index is 0.863. The standard InChI is InChI=1S/C5H5N3O2/c6-5(9)10-8-3-1-2-7-4-8/h1-4H,(H-,6,9)/p+1. The van der Waals surface area contributed by atoms with Gasteiger partial charge in [-0.15, -0.1) is 0 Å². The molecule has 1 rings (SSSR count). The van der Waals surface area contributed by atoms with E-state index >= 15 is 0 Å². The van der Waals surface area contributed by atoms with Gasteiger partial charge < -0.3 is 5.73 Å². The number of amides is 1. The normalized spacial score (nSPS) is 8.80. The van der Waals surface area contributed by atoms with Crippen LogP contribution < -0.4 is 15.3 Å². The van der Waals surface area contributed by atoms with E-state index in [1.165, 1.54) is 12.5 Å². The van der Waals surface area contributed by atoms with Gasteiger partial charge in [0.1, 0.15) is 12.4 Å². The van der Waals surface area contributed by atoms with E-state index in [1.807, 2.05) is 0 Å². The zero-order valence-corrected chi connectivity index (χ0v) is 5.10. The molecule has 0 bridgehead atoms. The zero-order valence-electron chi connectivity index (χ0n) is 5.10. The van der Waals surface area contributed by atoms with Gasteiger partial charge in [0.2, 0.25) is 0 Å². The monoisotopic (exact) mass is 140 g/mol. The summed E-state index contributed by atoms with van der Waals surface area (Å²) in [4.78, 5) is 18.2. The quantitative estimate of drug-likeness (QED) is 0.502. The van der Waals surface area contributed by atoms with Gasteiger partial charge in [0.25, 0.3) is 0 Å². The number of primary amides is 1. The van der Waals surface area contributed by atoms with E-state index in [4.69, 9.17) is 5.73 Å². The molecule has 0 aliphatic heterocycles. The van der Waals surface area contributed by atoms with Crippen LogP contribution in [0.2, 0.25) is 0 Å². The molecule has 0 spiro atoms.